The van der Waals surface area contributed by atoms with Gasteiger partial charge in [0.15, 0.2) is 0 Å². The Morgan fingerprint density at radius 1 is 0.150 bits per heavy atom. The summed E-state index contributed by atoms with van der Waals surface area (Å²) in [5, 5.41) is 2.32. The minimum Gasteiger partial charge on any atom is -0.359 e. The van der Waals surface area contributed by atoms with Crippen molar-refractivity contribution < 1.29 is 75.8 Å². The number of methoxy groups -OCH3 is 8. The Morgan fingerprint density at radius 3 is 0.383 bits per heavy atom. The summed E-state index contributed by atoms with van der Waals surface area (Å²) in [4.78, 5) is 0. The summed E-state index contributed by atoms with van der Waals surface area (Å²) < 4.78 is 99.5. The van der Waals surface area contributed by atoms with Gasteiger partial charge in [-0.05, 0) is 237 Å². The predicted molar refractivity (Wildman–Crippen MR) is 467 cm³/mol. The lowest BCUT2D eigenvalue weighted by atomic mass is 9.70. The van der Waals surface area contributed by atoms with Crippen LogP contribution in [0.15, 0.2) is 255 Å². The van der Waals surface area contributed by atoms with Crippen LogP contribution >= 0.6 is 0 Å². The molecule has 0 N–H and O–H groups in total. The van der Waals surface area contributed by atoms with Gasteiger partial charge in [-0.1, -0.05) is 243 Å². The third-order valence-electron chi connectivity index (χ3n) is 27.1. The van der Waals surface area contributed by atoms with Crippen LogP contribution in [0.3, 0.4) is 0 Å². The number of hydrogen-bond acceptors (Lipinski definition) is 16. The van der Waals surface area contributed by atoms with E-state index in [2.05, 4.69) is 255 Å². The van der Waals surface area contributed by atoms with E-state index < -0.39 is 44.8 Å². The molecule has 4 fully saturated rings. The molecule has 0 aliphatic heterocycles. The normalized spacial score (nSPS) is 24.7. The van der Waals surface area contributed by atoms with Crippen molar-refractivity contribution in [3.05, 3.63) is 299 Å². The van der Waals surface area contributed by atoms with E-state index in [4.69, 9.17) is 75.8 Å². The van der Waals surface area contributed by atoms with Crippen molar-refractivity contribution in [2.24, 2.45) is 0 Å². The number of hydrogen-bond donors (Lipinski definition) is 0. The fraction of sp³-hybridized carbons (Fsp3) is 0.385. The van der Waals surface area contributed by atoms with Gasteiger partial charge in [-0.2, -0.15) is 0 Å². The predicted octanol–water partition coefficient (Wildman–Crippen LogP) is 22.8. The van der Waals surface area contributed by atoms with E-state index in [9.17, 15) is 0 Å². The highest BCUT2D eigenvalue weighted by atomic mass is 16.7. The van der Waals surface area contributed by atoms with E-state index in [1.165, 1.54) is 0 Å². The Bertz CT molecular complexity index is 4790. The van der Waals surface area contributed by atoms with Crippen LogP contribution in [0.2, 0.25) is 0 Å². The first-order valence-electron chi connectivity index (χ1n) is 42.3. The van der Waals surface area contributed by atoms with Gasteiger partial charge in [0, 0.05) is 56.9 Å². The number of rotatable bonds is 24. The summed E-state index contributed by atoms with van der Waals surface area (Å²) in [6.45, 7) is 1.29. The van der Waals surface area contributed by atoms with Crippen LogP contribution in [-0.2, 0) is 121 Å². The molecule has 11 aromatic carbocycles. The van der Waals surface area contributed by atoms with Crippen molar-refractivity contribution in [2.75, 3.05) is 111 Å². The molecule has 16 heteroatoms. The van der Waals surface area contributed by atoms with Gasteiger partial charge >= 0.3 is 0 Å². The zero-order valence-corrected chi connectivity index (χ0v) is 70.8. The molecular weight excluding hydrogens is 1510 g/mol. The first-order valence-corrected chi connectivity index (χ1v) is 42.3. The Morgan fingerprint density at radius 2 is 0.258 bits per heavy atom. The summed E-state index contributed by atoms with van der Waals surface area (Å²) in [6, 6.07) is 93.4. The van der Waals surface area contributed by atoms with Crippen molar-refractivity contribution in [1.82, 2.24) is 0 Å². The molecule has 0 aromatic heterocycles. The van der Waals surface area contributed by atoms with Crippen molar-refractivity contribution in [3.63, 3.8) is 0 Å². The topological polar surface area (TPSA) is 148 Å². The third-order valence-corrected chi connectivity index (χ3v) is 27.1. The maximum absolute atomic E-state index is 6.80. The lowest BCUT2D eigenvalue weighted by Gasteiger charge is -2.46. The maximum atomic E-state index is 6.80. The van der Waals surface area contributed by atoms with E-state index in [1.807, 2.05) is 0 Å². The van der Waals surface area contributed by atoms with Crippen molar-refractivity contribution in [1.29, 1.82) is 0 Å². The monoisotopic (exact) mass is 1620 g/mol. The van der Waals surface area contributed by atoms with Gasteiger partial charge < -0.3 is 75.8 Å². The largest absolute Gasteiger partial charge is 0.359 e. The molecule has 4 saturated carbocycles. The van der Waals surface area contributed by atoms with Crippen molar-refractivity contribution in [2.45, 2.75) is 148 Å². The molecule has 30 bridgehead atoms. The van der Waals surface area contributed by atoms with Gasteiger partial charge in [-0.25, -0.2) is 0 Å². The summed E-state index contributed by atoms with van der Waals surface area (Å²) in [5.41, 5.74) is 17.4. The van der Waals surface area contributed by atoms with E-state index in [1.54, 1.807) is 56.9 Å². The molecule has 0 heterocycles. The third kappa shape index (κ3) is 17.3. The first kappa shape index (κ1) is 84.6. The second-order valence-electron chi connectivity index (χ2n) is 33.3. The average Bonchev–Trinajstić information content (AvgIpc) is 0.767. The molecule has 626 valence electrons. The molecular formula is C104H114O16. The smallest absolute Gasteiger partial charge is 0.147 e. The second-order valence-corrected chi connectivity index (χ2v) is 33.3. The molecule has 0 radical (unpaired) electrons. The first-order chi connectivity index (χ1) is 58.7. The minimum absolute atomic E-state index is 0.159. The summed E-state index contributed by atoms with van der Waals surface area (Å²) in [7, 11) is 13.5. The van der Waals surface area contributed by atoms with E-state index in [0.29, 0.717) is 103 Å². The van der Waals surface area contributed by atoms with Gasteiger partial charge in [0.05, 0.1) is 44.8 Å². The molecule has 0 saturated heterocycles. The van der Waals surface area contributed by atoms with Gasteiger partial charge in [-0.3, -0.25) is 0 Å². The molecule has 27 aliphatic carbocycles. The van der Waals surface area contributed by atoms with Crippen LogP contribution in [0.4, 0.5) is 0 Å². The minimum atomic E-state index is -0.608. The number of ether oxygens (including phenoxy) is 16. The zero-order valence-electron chi connectivity index (χ0n) is 70.8. The average molecular weight is 1620 g/mol. The van der Waals surface area contributed by atoms with Crippen molar-refractivity contribution >= 4 is 10.8 Å². The molecule has 16 nitrogen and oxygen atoms in total. The molecule has 0 amide bonds. The Balaban J connectivity index is 0.693. The van der Waals surface area contributed by atoms with E-state index in [-0.39, 0.29) is 54.3 Å². The maximum Gasteiger partial charge on any atom is 0.147 e. The van der Waals surface area contributed by atoms with Crippen LogP contribution in [0.1, 0.15) is 147 Å². The fourth-order valence-corrected chi connectivity index (χ4v) is 19.9. The molecule has 0 unspecified atom stereocenters. The molecule has 11 aromatic rings. The molecule has 120 heavy (non-hydrogen) atoms. The highest BCUT2D eigenvalue weighted by molar-refractivity contribution is 5.91. The fourth-order valence-electron chi connectivity index (χ4n) is 19.9. The molecule has 0 spiro atoms. The molecule has 38 rings (SSSR count). The van der Waals surface area contributed by atoms with Crippen LogP contribution < -0.4 is 0 Å². The SMILES string of the molecule is COCOC12CCC(OCOC)(CC1)c1ccc(cc1)-c1ccc3cc(ccc3c1)-c1ccc(cc1)[C@]1(OCOC)CCC(OCOC)(CC1)c1ccc(cc1)-c1ccc(cc1)[C@]1(OCOC)CCC(OCOC)(CC1)c1ccc(cc1)-c1ccc(cc1)-c1ccc(cc1)C1(OCOC)CC[C@](OCOC)(CC1)c1ccc(cc1)-c1ccc2cc1. The lowest BCUT2D eigenvalue weighted by Crippen LogP contribution is -2.43. The van der Waals surface area contributed by atoms with E-state index >= 15 is 0 Å². The highest BCUT2D eigenvalue weighted by Crippen LogP contribution is 2.56. The van der Waals surface area contributed by atoms with Crippen LogP contribution in [0, 0.1) is 0 Å². The van der Waals surface area contributed by atoms with Crippen LogP contribution in [0.5, 0.6) is 0 Å². The van der Waals surface area contributed by atoms with E-state index in [0.717, 1.165) is 122 Å². The van der Waals surface area contributed by atoms with Gasteiger partial charge in [0.1, 0.15) is 54.3 Å². The van der Waals surface area contributed by atoms with Crippen LogP contribution in [-0.4, -0.2) is 111 Å². The van der Waals surface area contributed by atoms with Gasteiger partial charge in [0.25, 0.3) is 0 Å². The molecule has 27 aliphatic rings. The second kappa shape index (κ2) is 37.4. The van der Waals surface area contributed by atoms with Gasteiger partial charge in [-0.15, -0.1) is 0 Å². The quantitative estimate of drug-likeness (QED) is 0.0528. The Hall–Kier alpha value is -8.96. The van der Waals surface area contributed by atoms with Gasteiger partial charge in [0.2, 0.25) is 0 Å². The standard InChI is InChI=1S/C104H114O16/c1-105-67-113-97-49-53-99(54-50-97,115-69-107-3)91-37-21-79(22-38-91)81-25-41-93(42-26-81)101(117-71-109-5)57-61-103(62-58-101,119-73-111-7)95-45-29-83(30-46-95)85-13-15-88-66-86(14-16-87(88)65-85)84-31-47-96(48-32-84)104(120-74-112-8)63-59-102(60-64-104,118-72-110-6)94-43-27-82(28-44-94)80-23-39-92(40-24-80)100(116-70-108-4)55-51-98(52-56-100,114-68-106-2)90-35-19-78(20-36-90)76-11-9-75(10-12-76)77-17-33-89(97)34-18-77/h9-48,65-66H,49-64,67-74H2,1-8H3/t97?,98?,99-,100-,101?,102?,103-,104?. The summed E-state index contributed by atoms with van der Waals surface area (Å²) >= 11 is 0. The summed E-state index contributed by atoms with van der Waals surface area (Å²) in [6.07, 6.45) is 11.3. The number of benzene rings is 11. The summed E-state index contributed by atoms with van der Waals surface area (Å²) in [5.74, 6) is 0. The Labute approximate surface area is 707 Å². The Kier molecular flexibility index (Phi) is 26.4. The molecule has 0 atom stereocenters. The zero-order chi connectivity index (χ0) is 82.7. The van der Waals surface area contributed by atoms with Crippen molar-refractivity contribution in [3.8, 4) is 66.8 Å². The highest BCUT2D eigenvalue weighted by Gasteiger charge is 2.51. The lowest BCUT2D eigenvalue weighted by molar-refractivity contribution is -0.203. The van der Waals surface area contributed by atoms with Crippen LogP contribution in [0.25, 0.3) is 77.5 Å².